The lowest BCUT2D eigenvalue weighted by atomic mass is 9.98. The highest BCUT2D eigenvalue weighted by Crippen LogP contribution is 2.38. The van der Waals surface area contributed by atoms with Crippen molar-refractivity contribution in [2.24, 2.45) is 5.73 Å². The summed E-state index contributed by atoms with van der Waals surface area (Å²) in [4.78, 5) is 18.2. The van der Waals surface area contributed by atoms with Crippen molar-refractivity contribution in [1.82, 2.24) is 20.1 Å². The molecule has 1 amide bonds. The first kappa shape index (κ1) is 25.1. The molecular weight excluding hydrogens is 482 g/mol. The maximum Gasteiger partial charge on any atom is 0.418 e. The third-order valence-electron chi connectivity index (χ3n) is 5.79. The van der Waals surface area contributed by atoms with Crippen molar-refractivity contribution in [2.75, 3.05) is 30.8 Å². The fourth-order valence-electron chi connectivity index (χ4n) is 3.94. The number of aromatic nitrogens is 3. The van der Waals surface area contributed by atoms with Crippen LogP contribution in [0.3, 0.4) is 0 Å². The maximum absolute atomic E-state index is 14.4. The zero-order valence-corrected chi connectivity index (χ0v) is 19.4. The molecule has 13 heteroatoms. The molecule has 0 bridgehead atoms. The van der Waals surface area contributed by atoms with Gasteiger partial charge in [-0.05, 0) is 48.4 Å². The molecule has 9 nitrogen and oxygen atoms in total. The highest BCUT2D eigenvalue weighted by molar-refractivity contribution is 5.96. The van der Waals surface area contributed by atoms with Gasteiger partial charge in [0.05, 0.1) is 24.0 Å². The first-order chi connectivity index (χ1) is 17.1. The summed E-state index contributed by atoms with van der Waals surface area (Å²) in [6, 6.07) is 6.22. The Labute approximate surface area is 203 Å². The van der Waals surface area contributed by atoms with Gasteiger partial charge in [-0.15, -0.1) is 10.2 Å². The zero-order chi connectivity index (χ0) is 26.0. The van der Waals surface area contributed by atoms with Gasteiger partial charge in [0.2, 0.25) is 5.95 Å². The summed E-state index contributed by atoms with van der Waals surface area (Å²) < 4.78 is 60.2. The summed E-state index contributed by atoms with van der Waals surface area (Å²) >= 11 is 0. The minimum absolute atomic E-state index is 0.172. The second kappa shape index (κ2) is 9.93. The molecule has 36 heavy (non-hydrogen) atoms. The molecule has 2 aromatic carbocycles. The molecule has 1 aliphatic rings. The Kier molecular flexibility index (Phi) is 6.93. The molecule has 0 spiro atoms. The lowest BCUT2D eigenvalue weighted by Gasteiger charge is -2.28. The lowest BCUT2D eigenvalue weighted by Crippen LogP contribution is -2.30. The van der Waals surface area contributed by atoms with Gasteiger partial charge in [-0.25, -0.2) is 4.39 Å². The second-order valence-corrected chi connectivity index (χ2v) is 8.05. The maximum atomic E-state index is 14.4. The van der Waals surface area contributed by atoms with Gasteiger partial charge < -0.3 is 21.1 Å². The van der Waals surface area contributed by atoms with Crippen LogP contribution in [0.15, 0.2) is 30.3 Å². The average molecular weight is 505 g/mol. The Morgan fingerprint density at radius 1 is 1.19 bits per heavy atom. The van der Waals surface area contributed by atoms with Crippen LogP contribution in [0.2, 0.25) is 0 Å². The molecule has 190 valence electrons. The van der Waals surface area contributed by atoms with E-state index in [0.29, 0.717) is 17.5 Å². The number of nitrogens with two attached hydrogens (primary N) is 1. The van der Waals surface area contributed by atoms with Crippen molar-refractivity contribution in [3.63, 3.8) is 0 Å². The van der Waals surface area contributed by atoms with Gasteiger partial charge in [0.1, 0.15) is 11.6 Å². The van der Waals surface area contributed by atoms with Gasteiger partial charge in [0.15, 0.2) is 11.5 Å². The Hall–Kier alpha value is -4.00. The number of ether oxygens (including phenoxy) is 1. The SMILES string of the molecule is CCN1CCc2cc(OC)c(Nc3nnc(C(N)=O)c(Nc4c(F)cccc4C(F)(F)F)n3)cc2C1. The van der Waals surface area contributed by atoms with Crippen LogP contribution in [0.1, 0.15) is 34.1 Å². The number of benzene rings is 2. The molecule has 4 rings (SSSR count). The number of hydrogen-bond acceptors (Lipinski definition) is 8. The van der Waals surface area contributed by atoms with E-state index in [1.807, 2.05) is 12.1 Å². The topological polar surface area (TPSA) is 118 Å². The Morgan fingerprint density at radius 2 is 1.97 bits per heavy atom. The quantitative estimate of drug-likeness (QED) is 0.413. The molecule has 0 saturated carbocycles. The summed E-state index contributed by atoms with van der Waals surface area (Å²) in [6.45, 7) is 4.61. The fraction of sp³-hybridized carbons (Fsp3) is 0.304. The number of carbonyl (C=O) groups is 1. The number of para-hydroxylation sites is 1. The van der Waals surface area contributed by atoms with Crippen molar-refractivity contribution in [1.29, 1.82) is 0 Å². The number of halogens is 4. The van der Waals surface area contributed by atoms with Gasteiger partial charge in [0, 0.05) is 13.1 Å². The predicted octanol–water partition coefficient (Wildman–Crippen LogP) is 4.00. The van der Waals surface area contributed by atoms with E-state index < -0.39 is 40.7 Å². The van der Waals surface area contributed by atoms with Gasteiger partial charge in [-0.2, -0.15) is 18.2 Å². The number of methoxy groups -OCH3 is 1. The molecular formula is C23H23F4N7O2. The molecule has 1 aliphatic heterocycles. The van der Waals surface area contributed by atoms with Crippen LogP contribution in [0.5, 0.6) is 5.75 Å². The molecule has 4 N–H and O–H groups in total. The van der Waals surface area contributed by atoms with Crippen molar-refractivity contribution in [2.45, 2.75) is 26.1 Å². The summed E-state index contributed by atoms with van der Waals surface area (Å²) in [5.74, 6) is -2.49. The number of nitrogens with one attached hydrogen (secondary N) is 2. The van der Waals surface area contributed by atoms with Gasteiger partial charge in [0.25, 0.3) is 5.91 Å². The van der Waals surface area contributed by atoms with Gasteiger partial charge in [-0.1, -0.05) is 13.0 Å². The second-order valence-electron chi connectivity index (χ2n) is 8.05. The van der Waals surface area contributed by atoms with E-state index in [9.17, 15) is 22.4 Å². The smallest absolute Gasteiger partial charge is 0.418 e. The Morgan fingerprint density at radius 3 is 2.64 bits per heavy atom. The van der Waals surface area contributed by atoms with Crippen LogP contribution in [-0.2, 0) is 19.1 Å². The number of alkyl halides is 3. The van der Waals surface area contributed by atoms with Crippen LogP contribution in [0, 0.1) is 5.82 Å². The molecule has 2 heterocycles. The van der Waals surface area contributed by atoms with Crippen molar-refractivity contribution in [3.05, 3.63) is 58.5 Å². The van der Waals surface area contributed by atoms with Crippen LogP contribution in [0.25, 0.3) is 0 Å². The Balaban J connectivity index is 1.72. The summed E-state index contributed by atoms with van der Waals surface area (Å²) in [7, 11) is 1.49. The first-order valence-corrected chi connectivity index (χ1v) is 11.0. The molecule has 1 aromatic heterocycles. The number of likely N-dealkylation sites (N-methyl/N-ethyl adjacent to an activating group) is 1. The molecule has 0 radical (unpaired) electrons. The van der Waals surface area contributed by atoms with Crippen LogP contribution < -0.4 is 21.1 Å². The normalized spacial score (nSPS) is 13.7. The standard InChI is InChI=1S/C23H23F4N7O2/c1-3-34-8-7-12-10-17(36-2)16(9-13(12)11-34)29-22-31-21(19(20(28)35)32-33-22)30-18-14(23(25,26)27)5-4-6-15(18)24/h4-6,9-10H,3,7-8,11H2,1-2H3,(H2,28,35)(H2,29,30,31,33). The van der Waals surface area contributed by atoms with E-state index in [-0.39, 0.29) is 5.95 Å². The van der Waals surface area contributed by atoms with Crippen molar-refractivity contribution >= 4 is 29.0 Å². The van der Waals surface area contributed by atoms with Crippen LogP contribution in [0.4, 0.5) is 40.7 Å². The van der Waals surface area contributed by atoms with E-state index in [1.54, 1.807) is 0 Å². The number of carbonyl (C=O) groups excluding carboxylic acids is 1. The van der Waals surface area contributed by atoms with E-state index in [2.05, 4.69) is 37.6 Å². The fourth-order valence-corrected chi connectivity index (χ4v) is 3.94. The number of rotatable bonds is 7. The van der Waals surface area contributed by atoms with E-state index in [1.165, 1.54) is 7.11 Å². The van der Waals surface area contributed by atoms with Gasteiger partial charge >= 0.3 is 6.18 Å². The van der Waals surface area contributed by atoms with Crippen LogP contribution >= 0.6 is 0 Å². The summed E-state index contributed by atoms with van der Waals surface area (Å²) in [6.07, 6.45) is -4.02. The molecule has 0 fully saturated rings. The van der Waals surface area contributed by atoms with E-state index in [0.717, 1.165) is 49.3 Å². The first-order valence-electron chi connectivity index (χ1n) is 11.0. The molecule has 0 atom stereocenters. The van der Waals surface area contributed by atoms with E-state index >= 15 is 0 Å². The number of primary amides is 1. The number of fused-ring (bicyclic) bond motifs is 1. The lowest BCUT2D eigenvalue weighted by molar-refractivity contribution is -0.137. The van der Waals surface area contributed by atoms with Crippen LogP contribution in [-0.4, -0.2) is 46.2 Å². The minimum Gasteiger partial charge on any atom is -0.495 e. The Bertz CT molecular complexity index is 1300. The highest BCUT2D eigenvalue weighted by Gasteiger charge is 2.35. The molecule has 0 saturated heterocycles. The number of anilines is 4. The molecule has 3 aromatic rings. The molecule has 0 unspecified atom stereocenters. The minimum atomic E-state index is -4.87. The predicted molar refractivity (Wildman–Crippen MR) is 124 cm³/mol. The molecule has 0 aliphatic carbocycles. The summed E-state index contributed by atoms with van der Waals surface area (Å²) in [5, 5.41) is 12.7. The average Bonchev–Trinajstić information content (AvgIpc) is 2.83. The van der Waals surface area contributed by atoms with Gasteiger partial charge in [-0.3, -0.25) is 9.69 Å². The third-order valence-corrected chi connectivity index (χ3v) is 5.79. The number of amides is 1. The monoisotopic (exact) mass is 505 g/mol. The van der Waals surface area contributed by atoms with E-state index in [4.69, 9.17) is 10.5 Å². The number of hydrogen-bond donors (Lipinski definition) is 3. The highest BCUT2D eigenvalue weighted by atomic mass is 19.4. The largest absolute Gasteiger partial charge is 0.495 e. The third kappa shape index (κ3) is 5.15. The summed E-state index contributed by atoms with van der Waals surface area (Å²) in [5.41, 5.74) is 5.20. The van der Waals surface area contributed by atoms with Crippen molar-refractivity contribution < 1.29 is 27.1 Å². The zero-order valence-electron chi connectivity index (χ0n) is 19.4. The van der Waals surface area contributed by atoms with Crippen molar-refractivity contribution in [3.8, 4) is 5.75 Å². The number of nitrogens with zero attached hydrogens (tertiary/aromatic N) is 4.